The number of rotatable bonds is 4. The van der Waals surface area contributed by atoms with Crippen LogP contribution in [0.2, 0.25) is 0 Å². The summed E-state index contributed by atoms with van der Waals surface area (Å²) in [6.45, 7) is 0. The van der Waals surface area contributed by atoms with Gasteiger partial charge in [0.1, 0.15) is 0 Å². The van der Waals surface area contributed by atoms with Gasteiger partial charge in [0, 0.05) is 6.42 Å². The van der Waals surface area contributed by atoms with E-state index in [0.717, 1.165) is 23.2 Å². The van der Waals surface area contributed by atoms with E-state index < -0.39 is 5.95 Å². The Morgan fingerprint density at radius 1 is 0.667 bits per heavy atom. The maximum atomic E-state index is 13.5. The van der Waals surface area contributed by atoms with Gasteiger partial charge in [-0.05, 0) is 29.2 Å². The Bertz CT molecular complexity index is 708. The zero-order valence-electron chi connectivity index (χ0n) is 11.7. The molecular formula is C19H16FN. The summed E-state index contributed by atoms with van der Waals surface area (Å²) in [5.41, 5.74) is 4.24. The van der Waals surface area contributed by atoms with Crippen LogP contribution in [-0.2, 0) is 12.8 Å². The van der Waals surface area contributed by atoms with Gasteiger partial charge < -0.3 is 0 Å². The van der Waals surface area contributed by atoms with Crippen molar-refractivity contribution in [2.75, 3.05) is 0 Å². The molecule has 1 aromatic heterocycles. The summed E-state index contributed by atoms with van der Waals surface area (Å²) in [4.78, 5) is 4.10. The number of hydrogen-bond donors (Lipinski definition) is 0. The lowest BCUT2D eigenvalue weighted by Gasteiger charge is -2.09. The molecular weight excluding hydrogens is 261 g/mol. The summed E-state index contributed by atoms with van der Waals surface area (Å²) in [5.74, 6) is -0.419. The maximum Gasteiger partial charge on any atom is 0.213 e. The van der Waals surface area contributed by atoms with E-state index in [2.05, 4.69) is 17.1 Å². The molecule has 0 aliphatic rings. The Hall–Kier alpha value is -2.48. The van der Waals surface area contributed by atoms with Crippen molar-refractivity contribution in [2.45, 2.75) is 12.8 Å². The van der Waals surface area contributed by atoms with Gasteiger partial charge in [0.05, 0.1) is 5.69 Å². The summed E-state index contributed by atoms with van der Waals surface area (Å²) < 4.78 is 13.5. The third-order valence-electron chi connectivity index (χ3n) is 3.49. The Morgan fingerprint density at radius 3 is 1.86 bits per heavy atom. The smallest absolute Gasteiger partial charge is 0.213 e. The van der Waals surface area contributed by atoms with E-state index in [-0.39, 0.29) is 0 Å². The third-order valence-corrected chi connectivity index (χ3v) is 3.49. The molecule has 0 bridgehead atoms. The van der Waals surface area contributed by atoms with Crippen molar-refractivity contribution < 1.29 is 4.39 Å². The van der Waals surface area contributed by atoms with Crippen LogP contribution < -0.4 is 0 Å². The van der Waals surface area contributed by atoms with Gasteiger partial charge in [-0.15, -0.1) is 0 Å². The van der Waals surface area contributed by atoms with Gasteiger partial charge in [0.25, 0.3) is 0 Å². The molecule has 0 saturated heterocycles. The minimum atomic E-state index is -0.419. The summed E-state index contributed by atoms with van der Waals surface area (Å²) in [7, 11) is 0. The number of aromatic nitrogens is 1. The second kappa shape index (κ2) is 6.31. The fraction of sp³-hybridized carbons (Fsp3) is 0.105. The van der Waals surface area contributed by atoms with Crippen LogP contribution in [0.1, 0.15) is 22.4 Å². The second-order valence-corrected chi connectivity index (χ2v) is 5.06. The summed E-state index contributed by atoms with van der Waals surface area (Å²) in [5, 5.41) is 0. The standard InChI is InChI=1S/C19H16FN/c20-19-12-11-17(13-15-7-3-1-4-8-15)18(21-19)14-16-9-5-2-6-10-16/h1-12H,13-14H2. The lowest BCUT2D eigenvalue weighted by Crippen LogP contribution is -2.02. The molecule has 0 aliphatic carbocycles. The van der Waals surface area contributed by atoms with Crippen LogP contribution in [0.4, 0.5) is 4.39 Å². The lowest BCUT2D eigenvalue weighted by molar-refractivity contribution is 0.576. The monoisotopic (exact) mass is 277 g/mol. The van der Waals surface area contributed by atoms with Crippen molar-refractivity contribution in [1.29, 1.82) is 0 Å². The first kappa shape index (κ1) is 13.5. The maximum absolute atomic E-state index is 13.5. The first-order chi connectivity index (χ1) is 10.3. The van der Waals surface area contributed by atoms with E-state index >= 15 is 0 Å². The molecule has 0 fully saturated rings. The number of pyridine rings is 1. The largest absolute Gasteiger partial charge is 0.224 e. The van der Waals surface area contributed by atoms with Crippen LogP contribution in [0.5, 0.6) is 0 Å². The molecule has 3 rings (SSSR count). The zero-order valence-corrected chi connectivity index (χ0v) is 11.7. The van der Waals surface area contributed by atoms with Gasteiger partial charge in [-0.2, -0.15) is 4.39 Å². The van der Waals surface area contributed by atoms with E-state index in [0.29, 0.717) is 6.42 Å². The first-order valence-corrected chi connectivity index (χ1v) is 7.03. The molecule has 0 N–H and O–H groups in total. The van der Waals surface area contributed by atoms with E-state index in [4.69, 9.17) is 0 Å². The minimum absolute atomic E-state index is 0.419. The highest BCUT2D eigenvalue weighted by Crippen LogP contribution is 2.17. The molecule has 2 heteroatoms. The highest BCUT2D eigenvalue weighted by atomic mass is 19.1. The Balaban J connectivity index is 1.90. The molecule has 0 amide bonds. The van der Waals surface area contributed by atoms with E-state index in [1.54, 1.807) is 0 Å². The van der Waals surface area contributed by atoms with Crippen molar-refractivity contribution in [1.82, 2.24) is 4.98 Å². The van der Waals surface area contributed by atoms with Crippen LogP contribution in [-0.4, -0.2) is 4.98 Å². The molecule has 0 atom stereocenters. The number of halogens is 1. The van der Waals surface area contributed by atoms with E-state index in [9.17, 15) is 4.39 Å². The van der Waals surface area contributed by atoms with Crippen molar-refractivity contribution in [3.8, 4) is 0 Å². The van der Waals surface area contributed by atoms with Crippen LogP contribution in [0.15, 0.2) is 72.8 Å². The van der Waals surface area contributed by atoms with Gasteiger partial charge in [-0.3, -0.25) is 0 Å². The summed E-state index contributed by atoms with van der Waals surface area (Å²) >= 11 is 0. The Morgan fingerprint density at radius 2 is 1.24 bits per heavy atom. The van der Waals surface area contributed by atoms with Gasteiger partial charge in [-0.1, -0.05) is 66.7 Å². The molecule has 0 unspecified atom stereocenters. The second-order valence-electron chi connectivity index (χ2n) is 5.06. The average molecular weight is 277 g/mol. The molecule has 1 heterocycles. The minimum Gasteiger partial charge on any atom is -0.224 e. The fourth-order valence-corrected chi connectivity index (χ4v) is 2.42. The number of nitrogens with zero attached hydrogens (tertiary/aromatic N) is 1. The SMILES string of the molecule is Fc1ccc(Cc2ccccc2)c(Cc2ccccc2)n1. The first-order valence-electron chi connectivity index (χ1n) is 7.03. The van der Waals surface area contributed by atoms with Crippen LogP contribution in [0, 0.1) is 5.95 Å². The zero-order chi connectivity index (χ0) is 14.5. The quantitative estimate of drug-likeness (QED) is 0.644. The normalized spacial score (nSPS) is 10.5. The highest BCUT2D eigenvalue weighted by molar-refractivity contribution is 5.32. The van der Waals surface area contributed by atoms with Crippen molar-refractivity contribution in [3.05, 3.63) is 101 Å². The van der Waals surface area contributed by atoms with Gasteiger partial charge >= 0.3 is 0 Å². The molecule has 0 aliphatic heterocycles. The van der Waals surface area contributed by atoms with Crippen LogP contribution >= 0.6 is 0 Å². The molecule has 1 nitrogen and oxygen atoms in total. The number of hydrogen-bond acceptors (Lipinski definition) is 1. The van der Waals surface area contributed by atoms with E-state index in [1.165, 1.54) is 11.6 Å². The van der Waals surface area contributed by atoms with Gasteiger partial charge in [0.2, 0.25) is 5.95 Å². The molecule has 3 aromatic rings. The van der Waals surface area contributed by atoms with Crippen LogP contribution in [0.3, 0.4) is 0 Å². The van der Waals surface area contributed by atoms with Crippen molar-refractivity contribution in [3.63, 3.8) is 0 Å². The Kier molecular flexibility index (Phi) is 4.06. The van der Waals surface area contributed by atoms with Gasteiger partial charge in [-0.25, -0.2) is 4.98 Å². The third kappa shape index (κ3) is 3.54. The topological polar surface area (TPSA) is 12.9 Å². The lowest BCUT2D eigenvalue weighted by atomic mass is 9.99. The molecule has 0 radical (unpaired) electrons. The molecule has 104 valence electrons. The van der Waals surface area contributed by atoms with Gasteiger partial charge in [0.15, 0.2) is 0 Å². The van der Waals surface area contributed by atoms with Crippen molar-refractivity contribution >= 4 is 0 Å². The van der Waals surface area contributed by atoms with Crippen LogP contribution in [0.25, 0.3) is 0 Å². The molecule has 0 saturated carbocycles. The highest BCUT2D eigenvalue weighted by Gasteiger charge is 2.08. The molecule has 0 spiro atoms. The molecule has 2 aromatic carbocycles. The van der Waals surface area contributed by atoms with E-state index in [1.807, 2.05) is 54.6 Å². The van der Waals surface area contributed by atoms with Crippen molar-refractivity contribution in [2.24, 2.45) is 0 Å². The Labute approximate surface area is 124 Å². The fourth-order valence-electron chi connectivity index (χ4n) is 2.42. The molecule has 21 heavy (non-hydrogen) atoms. The summed E-state index contributed by atoms with van der Waals surface area (Å²) in [6, 6.07) is 23.5. The predicted octanol–water partition coefficient (Wildman–Crippen LogP) is 4.40. The number of benzene rings is 2. The predicted molar refractivity (Wildman–Crippen MR) is 82.7 cm³/mol. The average Bonchev–Trinajstić information content (AvgIpc) is 2.52. The summed E-state index contributed by atoms with van der Waals surface area (Å²) in [6.07, 6.45) is 1.43.